The monoisotopic (exact) mass is 364 g/mol. The summed E-state index contributed by atoms with van der Waals surface area (Å²) >= 11 is 0. The Balaban J connectivity index is 2.49. The first-order chi connectivity index (χ1) is 12.2. The number of anilines is 1. The molecule has 1 atom stereocenters. The minimum Gasteiger partial charge on any atom is -0.464 e. The van der Waals surface area contributed by atoms with Crippen molar-refractivity contribution in [2.45, 2.75) is 32.5 Å². The molecule has 142 valence electrons. The van der Waals surface area contributed by atoms with E-state index in [1.807, 2.05) is 0 Å². The average Bonchev–Trinajstić information content (AvgIpc) is 2.96. The van der Waals surface area contributed by atoms with Gasteiger partial charge in [-0.25, -0.2) is 14.2 Å². The van der Waals surface area contributed by atoms with E-state index in [1.54, 1.807) is 45.0 Å². The maximum absolute atomic E-state index is 12.6. The summed E-state index contributed by atoms with van der Waals surface area (Å²) < 4.78 is 11.3. The molecule has 2 aromatic rings. The summed E-state index contributed by atoms with van der Waals surface area (Å²) in [5.41, 5.74) is 0.402. The van der Waals surface area contributed by atoms with Gasteiger partial charge in [0.25, 0.3) is 0 Å². The molecule has 1 aromatic heterocycles. The summed E-state index contributed by atoms with van der Waals surface area (Å²) in [5.74, 6) is -0.655. The molecule has 26 heavy (non-hydrogen) atoms. The largest absolute Gasteiger partial charge is 0.464 e. The molecule has 0 aliphatic rings. The topological polar surface area (TPSA) is 110 Å². The van der Waals surface area contributed by atoms with E-state index in [1.165, 1.54) is 11.7 Å². The fraction of sp³-hybridized carbons (Fsp3) is 0.444. The first-order valence-corrected chi connectivity index (χ1v) is 8.16. The van der Waals surface area contributed by atoms with Gasteiger partial charge in [-0.15, -0.1) is 0 Å². The number of benzene rings is 1. The zero-order valence-electron chi connectivity index (χ0n) is 15.3. The number of nitrogens with zero attached hydrogens (tertiary/aromatic N) is 1. The smallest absolute Gasteiger partial charge is 0.419 e. The number of fused-ring (bicyclic) bond motifs is 1. The van der Waals surface area contributed by atoms with Crippen LogP contribution >= 0.6 is 0 Å². The van der Waals surface area contributed by atoms with Gasteiger partial charge < -0.3 is 25.0 Å². The van der Waals surface area contributed by atoms with Gasteiger partial charge in [0.2, 0.25) is 0 Å². The first-order valence-electron chi connectivity index (χ1n) is 8.16. The van der Waals surface area contributed by atoms with E-state index in [2.05, 4.69) is 5.32 Å². The van der Waals surface area contributed by atoms with Gasteiger partial charge in [0.05, 0.1) is 25.3 Å². The van der Waals surface area contributed by atoms with Crippen molar-refractivity contribution in [1.29, 1.82) is 0 Å². The van der Waals surface area contributed by atoms with E-state index in [-0.39, 0.29) is 18.8 Å². The fourth-order valence-electron chi connectivity index (χ4n) is 2.37. The van der Waals surface area contributed by atoms with Gasteiger partial charge in [-0.3, -0.25) is 0 Å². The number of esters is 1. The van der Waals surface area contributed by atoms with Gasteiger partial charge in [0.1, 0.15) is 11.3 Å². The molecule has 0 saturated heterocycles. The summed E-state index contributed by atoms with van der Waals surface area (Å²) in [6, 6.07) is 6.69. The number of nitrogens with one attached hydrogen (secondary N) is 1. The third-order valence-electron chi connectivity index (χ3n) is 3.53. The molecule has 0 aliphatic carbocycles. The van der Waals surface area contributed by atoms with Crippen LogP contribution in [0.2, 0.25) is 0 Å². The number of carbonyl (C=O) groups is 2. The van der Waals surface area contributed by atoms with Crippen LogP contribution in [0, 0.1) is 0 Å². The maximum atomic E-state index is 12.6. The van der Waals surface area contributed by atoms with E-state index in [9.17, 15) is 14.7 Å². The zero-order valence-corrected chi connectivity index (χ0v) is 15.3. The lowest BCUT2D eigenvalue weighted by atomic mass is 10.2. The van der Waals surface area contributed by atoms with Gasteiger partial charge in [0.15, 0.2) is 0 Å². The molecule has 1 unspecified atom stereocenters. The Bertz CT molecular complexity index is 806. The second-order valence-corrected chi connectivity index (χ2v) is 6.83. The van der Waals surface area contributed by atoms with Crippen LogP contribution in [0.5, 0.6) is 0 Å². The predicted octanol–water partition coefficient (Wildman–Crippen LogP) is 1.98. The Morgan fingerprint density at radius 2 is 1.96 bits per heavy atom. The van der Waals surface area contributed by atoms with Crippen LogP contribution in [0.25, 0.3) is 10.9 Å². The normalized spacial score (nSPS) is 12.7. The fourth-order valence-corrected chi connectivity index (χ4v) is 2.37. The van der Waals surface area contributed by atoms with Crippen molar-refractivity contribution in [3.8, 4) is 0 Å². The van der Waals surface area contributed by atoms with Crippen molar-refractivity contribution in [2.75, 3.05) is 25.6 Å². The van der Waals surface area contributed by atoms with Crippen molar-refractivity contribution in [3.63, 3.8) is 0 Å². The summed E-state index contributed by atoms with van der Waals surface area (Å²) in [5, 5.41) is 22.0. The Morgan fingerprint density at radius 3 is 2.54 bits per heavy atom. The van der Waals surface area contributed by atoms with Gasteiger partial charge in [-0.2, -0.15) is 0 Å². The highest BCUT2D eigenvalue weighted by atomic mass is 16.6. The SMILES string of the molecule is COC(=O)c1cc2ccc(NCC(O)CO)cc2n1C(=O)OC(C)(C)C. The molecule has 1 aromatic carbocycles. The van der Waals surface area contributed by atoms with Gasteiger partial charge in [-0.05, 0) is 39.0 Å². The van der Waals surface area contributed by atoms with E-state index < -0.39 is 23.8 Å². The Morgan fingerprint density at radius 1 is 1.27 bits per heavy atom. The quantitative estimate of drug-likeness (QED) is 0.696. The molecule has 2 rings (SSSR count). The number of aromatic nitrogens is 1. The van der Waals surface area contributed by atoms with E-state index in [4.69, 9.17) is 14.6 Å². The second-order valence-electron chi connectivity index (χ2n) is 6.83. The van der Waals surface area contributed by atoms with E-state index in [0.29, 0.717) is 16.6 Å². The molecular formula is C18H24N2O6. The lowest BCUT2D eigenvalue weighted by molar-refractivity contribution is 0.0490. The number of methoxy groups -OCH3 is 1. The lowest BCUT2D eigenvalue weighted by Gasteiger charge is -2.20. The van der Waals surface area contributed by atoms with Crippen molar-refractivity contribution in [3.05, 3.63) is 30.0 Å². The van der Waals surface area contributed by atoms with Crippen LogP contribution in [0.3, 0.4) is 0 Å². The van der Waals surface area contributed by atoms with Crippen molar-refractivity contribution in [2.24, 2.45) is 0 Å². The average molecular weight is 364 g/mol. The molecule has 8 nitrogen and oxygen atoms in total. The van der Waals surface area contributed by atoms with Gasteiger partial charge >= 0.3 is 12.1 Å². The highest BCUT2D eigenvalue weighted by Gasteiger charge is 2.25. The number of hydrogen-bond acceptors (Lipinski definition) is 7. The number of ether oxygens (including phenoxy) is 2. The minimum absolute atomic E-state index is 0.0595. The number of carbonyl (C=O) groups excluding carboxylic acids is 2. The van der Waals surface area contributed by atoms with Crippen molar-refractivity contribution >= 4 is 28.7 Å². The highest BCUT2D eigenvalue weighted by molar-refractivity contribution is 6.02. The number of rotatable bonds is 5. The van der Waals surface area contributed by atoms with Crippen LogP contribution in [-0.4, -0.2) is 58.8 Å². The second kappa shape index (κ2) is 7.76. The molecule has 1 heterocycles. The zero-order chi connectivity index (χ0) is 19.5. The molecule has 8 heteroatoms. The Kier molecular flexibility index (Phi) is 5.89. The van der Waals surface area contributed by atoms with Crippen molar-refractivity contribution in [1.82, 2.24) is 4.57 Å². The molecule has 3 N–H and O–H groups in total. The Labute approximate surface area is 151 Å². The number of hydrogen-bond donors (Lipinski definition) is 3. The third kappa shape index (κ3) is 4.53. The number of aliphatic hydroxyl groups excluding tert-OH is 2. The van der Waals surface area contributed by atoms with E-state index >= 15 is 0 Å². The summed E-state index contributed by atoms with van der Waals surface area (Å²) in [7, 11) is 1.24. The van der Waals surface area contributed by atoms with Crippen LogP contribution in [0.4, 0.5) is 10.5 Å². The van der Waals surface area contributed by atoms with Crippen LogP contribution < -0.4 is 5.32 Å². The lowest BCUT2D eigenvalue weighted by Crippen LogP contribution is -2.29. The minimum atomic E-state index is -0.908. The molecular weight excluding hydrogens is 340 g/mol. The molecule has 0 bridgehead atoms. The first kappa shape index (κ1) is 19.7. The maximum Gasteiger partial charge on any atom is 0.419 e. The molecule has 0 aliphatic heterocycles. The third-order valence-corrected chi connectivity index (χ3v) is 3.53. The predicted molar refractivity (Wildman–Crippen MR) is 96.5 cm³/mol. The Hall–Kier alpha value is -2.58. The van der Waals surface area contributed by atoms with Crippen molar-refractivity contribution < 1.29 is 29.3 Å². The highest BCUT2D eigenvalue weighted by Crippen LogP contribution is 2.25. The summed E-state index contributed by atoms with van der Waals surface area (Å²) in [6.07, 6.45) is -1.60. The molecule has 0 fully saturated rings. The molecule has 0 amide bonds. The van der Waals surface area contributed by atoms with Gasteiger partial charge in [0, 0.05) is 17.6 Å². The van der Waals surface area contributed by atoms with Crippen LogP contribution in [-0.2, 0) is 9.47 Å². The standard InChI is InChI=1S/C18H24N2O6/c1-18(2,3)26-17(24)20-14-8-12(19-9-13(22)10-21)6-5-11(14)7-15(20)16(23)25-4/h5-8,13,19,21-22H,9-10H2,1-4H3. The van der Waals surface area contributed by atoms with Crippen LogP contribution in [0.15, 0.2) is 24.3 Å². The number of aliphatic hydroxyl groups is 2. The van der Waals surface area contributed by atoms with Gasteiger partial charge in [-0.1, -0.05) is 6.07 Å². The molecule has 0 spiro atoms. The summed E-state index contributed by atoms with van der Waals surface area (Å²) in [6.45, 7) is 4.97. The van der Waals surface area contributed by atoms with Crippen LogP contribution in [0.1, 0.15) is 31.3 Å². The summed E-state index contributed by atoms with van der Waals surface area (Å²) in [4.78, 5) is 24.7. The van der Waals surface area contributed by atoms with E-state index in [0.717, 1.165) is 0 Å². The molecule has 0 radical (unpaired) electrons. The molecule has 0 saturated carbocycles.